The highest BCUT2D eigenvalue weighted by Crippen LogP contribution is 2.36. The molecule has 1 fully saturated rings. The van der Waals surface area contributed by atoms with Crippen LogP contribution in [0, 0.1) is 17.6 Å². The number of carbonyl (C=O) groups excluding carboxylic acids is 1. The molecule has 2 atom stereocenters. The number of rotatable bonds is 8. The maximum Gasteiger partial charge on any atom is 0.252 e. The third-order valence-corrected chi connectivity index (χ3v) is 5.56. The summed E-state index contributed by atoms with van der Waals surface area (Å²) in [5.74, 6) is -1.68. The first-order chi connectivity index (χ1) is 15.2. The van der Waals surface area contributed by atoms with Crippen molar-refractivity contribution in [3.8, 4) is 5.88 Å². The van der Waals surface area contributed by atoms with Crippen LogP contribution in [0.4, 0.5) is 26.1 Å². The maximum atomic E-state index is 14.8. The number of ether oxygens (including phenoxy) is 1. The van der Waals surface area contributed by atoms with Gasteiger partial charge in [-0.1, -0.05) is 0 Å². The Morgan fingerprint density at radius 1 is 1.25 bits per heavy atom. The van der Waals surface area contributed by atoms with Crippen molar-refractivity contribution < 1.29 is 18.3 Å². The number of fused-ring (bicyclic) bond motifs is 1. The van der Waals surface area contributed by atoms with E-state index in [1.165, 1.54) is 17.9 Å². The normalized spacial score (nSPS) is 15.4. The van der Waals surface area contributed by atoms with E-state index in [9.17, 15) is 13.6 Å². The van der Waals surface area contributed by atoms with Gasteiger partial charge in [0.15, 0.2) is 17.5 Å². The number of anilines is 3. The summed E-state index contributed by atoms with van der Waals surface area (Å²) in [6.07, 6.45) is 2.00. The number of benzene rings is 1. The van der Waals surface area contributed by atoms with E-state index in [0.717, 1.165) is 18.9 Å². The lowest BCUT2D eigenvalue weighted by molar-refractivity contribution is 0.100. The quantitative estimate of drug-likeness (QED) is 0.419. The summed E-state index contributed by atoms with van der Waals surface area (Å²) in [5.41, 5.74) is 11.8. The monoisotopic (exact) mass is 445 g/mol. The van der Waals surface area contributed by atoms with E-state index in [0.29, 0.717) is 11.3 Å². The average Bonchev–Trinajstić information content (AvgIpc) is 3.50. The molecule has 0 saturated heterocycles. The van der Waals surface area contributed by atoms with Gasteiger partial charge in [0.2, 0.25) is 5.88 Å². The fourth-order valence-electron chi connectivity index (χ4n) is 3.86. The lowest BCUT2D eigenvalue weighted by Gasteiger charge is -2.23. The van der Waals surface area contributed by atoms with Crippen LogP contribution in [0.15, 0.2) is 18.2 Å². The summed E-state index contributed by atoms with van der Waals surface area (Å²) in [5, 5.41) is 10.5. The molecule has 1 amide bonds. The van der Waals surface area contributed by atoms with E-state index < -0.39 is 17.5 Å². The Morgan fingerprint density at radius 2 is 1.97 bits per heavy atom. The van der Waals surface area contributed by atoms with E-state index in [2.05, 4.69) is 20.7 Å². The Balaban J connectivity index is 1.74. The third kappa shape index (κ3) is 4.03. The van der Waals surface area contributed by atoms with Crippen LogP contribution in [0.3, 0.4) is 0 Å². The van der Waals surface area contributed by atoms with Crippen LogP contribution in [-0.4, -0.2) is 39.9 Å². The number of nitrogens with two attached hydrogens (primary N) is 2. The molecule has 9 nitrogen and oxygen atoms in total. The molecule has 0 bridgehead atoms. The van der Waals surface area contributed by atoms with Crippen LogP contribution < -0.4 is 26.8 Å². The van der Waals surface area contributed by atoms with Gasteiger partial charge in [0.05, 0.1) is 18.1 Å². The molecule has 6 N–H and O–H groups in total. The van der Waals surface area contributed by atoms with E-state index in [1.807, 2.05) is 6.92 Å². The predicted octanol–water partition coefficient (Wildman–Crippen LogP) is 2.64. The number of aromatic nitrogens is 3. The van der Waals surface area contributed by atoms with Crippen LogP contribution in [0.25, 0.3) is 10.9 Å². The smallest absolute Gasteiger partial charge is 0.252 e. The number of amides is 1. The Bertz CT molecular complexity index is 1190. The molecule has 2 heterocycles. The van der Waals surface area contributed by atoms with Crippen molar-refractivity contribution in [2.24, 2.45) is 24.4 Å². The van der Waals surface area contributed by atoms with Crippen LogP contribution >= 0.6 is 0 Å². The largest absolute Gasteiger partial charge is 0.479 e. The number of methoxy groups -OCH3 is 1. The zero-order chi connectivity index (χ0) is 23.2. The van der Waals surface area contributed by atoms with Gasteiger partial charge in [0.25, 0.3) is 5.91 Å². The average molecular weight is 445 g/mol. The van der Waals surface area contributed by atoms with Crippen LogP contribution in [-0.2, 0) is 7.05 Å². The van der Waals surface area contributed by atoms with Crippen molar-refractivity contribution >= 4 is 34.1 Å². The molecule has 4 rings (SSSR count). The molecule has 32 heavy (non-hydrogen) atoms. The molecule has 170 valence electrons. The van der Waals surface area contributed by atoms with Crippen LogP contribution in [0.2, 0.25) is 0 Å². The summed E-state index contributed by atoms with van der Waals surface area (Å²) in [6.45, 7) is 1.84. The fraction of sp³-hybridized carbons (Fsp3) is 0.381. The topological polar surface area (TPSA) is 133 Å². The molecule has 2 aromatic heterocycles. The number of pyridine rings is 1. The van der Waals surface area contributed by atoms with Crippen LogP contribution in [0.1, 0.15) is 30.1 Å². The molecule has 0 unspecified atom stereocenters. The van der Waals surface area contributed by atoms with Gasteiger partial charge in [-0.3, -0.25) is 9.48 Å². The minimum atomic E-state index is -0.878. The third-order valence-electron chi connectivity index (χ3n) is 5.56. The number of nitrogens with one attached hydrogen (secondary N) is 2. The summed E-state index contributed by atoms with van der Waals surface area (Å²) >= 11 is 0. The maximum absolute atomic E-state index is 14.8. The highest BCUT2D eigenvalue weighted by atomic mass is 19.1. The highest BCUT2D eigenvalue weighted by molar-refractivity contribution is 5.99. The second-order valence-corrected chi connectivity index (χ2v) is 8.06. The lowest BCUT2D eigenvalue weighted by Crippen LogP contribution is -2.40. The van der Waals surface area contributed by atoms with E-state index >= 15 is 0 Å². The SMILES string of the molecule is COc1nn(C)c2c(F)cc(Nc3nc(N[C@H](C4CC4)[C@H](C)N)c(F)cc3C(N)=O)cc12. The standard InChI is InChI=1S/C21H25F2N7O2/c1-9(24)16(10-4-5-10)27-20-15(23)8-13(18(25)31)19(28-20)26-11-6-12-17(14(22)7-11)30(2)29-21(12)32-3/h6-10,16H,4-5,24H2,1-3H3,(H2,25,31)(H2,26,27,28)/t9-,16-/m0/s1. The van der Waals surface area contributed by atoms with Crippen molar-refractivity contribution in [1.82, 2.24) is 14.8 Å². The Morgan fingerprint density at radius 3 is 2.56 bits per heavy atom. The van der Waals surface area contributed by atoms with Gasteiger partial charge in [0.1, 0.15) is 11.3 Å². The van der Waals surface area contributed by atoms with Gasteiger partial charge in [-0.05, 0) is 43.9 Å². The Hall–Kier alpha value is -3.47. The van der Waals surface area contributed by atoms with Crippen molar-refractivity contribution in [1.29, 1.82) is 0 Å². The Kier molecular flexibility index (Phi) is 5.59. The number of hydrogen-bond donors (Lipinski definition) is 4. The predicted molar refractivity (Wildman–Crippen MR) is 117 cm³/mol. The van der Waals surface area contributed by atoms with Crippen molar-refractivity contribution in [2.75, 3.05) is 17.7 Å². The van der Waals surface area contributed by atoms with E-state index in [4.69, 9.17) is 16.2 Å². The molecule has 1 aromatic carbocycles. The van der Waals surface area contributed by atoms with Gasteiger partial charge >= 0.3 is 0 Å². The number of halogens is 2. The summed E-state index contributed by atoms with van der Waals surface area (Å²) in [7, 11) is 3.03. The van der Waals surface area contributed by atoms with Crippen molar-refractivity contribution in [3.05, 3.63) is 35.4 Å². The fourth-order valence-corrected chi connectivity index (χ4v) is 3.86. The van der Waals surface area contributed by atoms with E-state index in [1.54, 1.807) is 13.1 Å². The molecule has 3 aromatic rings. The number of carbonyl (C=O) groups is 1. The van der Waals surface area contributed by atoms with Gasteiger partial charge in [-0.2, -0.15) is 0 Å². The molecule has 1 aliphatic rings. The van der Waals surface area contributed by atoms with Gasteiger partial charge < -0.3 is 26.8 Å². The second-order valence-electron chi connectivity index (χ2n) is 8.06. The molecule has 0 aliphatic heterocycles. The first-order valence-electron chi connectivity index (χ1n) is 10.2. The summed E-state index contributed by atoms with van der Waals surface area (Å²) in [4.78, 5) is 16.2. The molecular formula is C21H25F2N7O2. The summed E-state index contributed by atoms with van der Waals surface area (Å²) < 4.78 is 36.1. The number of hydrogen-bond acceptors (Lipinski definition) is 7. The number of aryl methyl sites for hydroxylation is 1. The zero-order valence-corrected chi connectivity index (χ0v) is 17.9. The zero-order valence-electron chi connectivity index (χ0n) is 17.9. The highest BCUT2D eigenvalue weighted by Gasteiger charge is 2.34. The molecule has 1 saturated carbocycles. The minimum Gasteiger partial charge on any atom is -0.479 e. The van der Waals surface area contributed by atoms with Gasteiger partial charge in [-0.25, -0.2) is 13.8 Å². The molecule has 11 heteroatoms. The second kappa shape index (κ2) is 8.23. The molecule has 0 radical (unpaired) electrons. The summed E-state index contributed by atoms with van der Waals surface area (Å²) in [6, 6.07) is 3.43. The van der Waals surface area contributed by atoms with Crippen molar-refractivity contribution in [3.63, 3.8) is 0 Å². The number of primary amides is 1. The first-order valence-corrected chi connectivity index (χ1v) is 10.2. The molecule has 1 aliphatic carbocycles. The van der Waals surface area contributed by atoms with Crippen molar-refractivity contribution in [2.45, 2.75) is 31.8 Å². The number of nitrogens with zero attached hydrogens (tertiary/aromatic N) is 3. The van der Waals surface area contributed by atoms with E-state index in [-0.39, 0.29) is 46.4 Å². The minimum absolute atomic E-state index is 0.0118. The first kappa shape index (κ1) is 21.8. The van der Waals surface area contributed by atoms with Crippen LogP contribution in [0.5, 0.6) is 5.88 Å². The Labute approximate surface area is 183 Å². The molecule has 0 spiro atoms. The molecular weight excluding hydrogens is 420 g/mol. The van der Waals surface area contributed by atoms with Gasteiger partial charge in [0, 0.05) is 24.8 Å². The van der Waals surface area contributed by atoms with Gasteiger partial charge in [-0.15, -0.1) is 5.10 Å². The lowest BCUT2D eigenvalue weighted by atomic mass is 10.1.